The lowest BCUT2D eigenvalue weighted by atomic mass is 10.2. The summed E-state index contributed by atoms with van der Waals surface area (Å²) in [5, 5.41) is 5.71. The predicted molar refractivity (Wildman–Crippen MR) is 80.9 cm³/mol. The Bertz CT molecular complexity index is 487. The highest BCUT2D eigenvalue weighted by Gasteiger charge is 2.15. The minimum absolute atomic E-state index is 0.187. The molecule has 1 amide bonds. The van der Waals surface area contributed by atoms with E-state index in [4.69, 9.17) is 21.7 Å². The molecular formula is C14H18N2O3S. The normalized spacial score (nSPS) is 17.6. The van der Waals surface area contributed by atoms with Gasteiger partial charge in [0.2, 0.25) is 5.91 Å². The fourth-order valence-electron chi connectivity index (χ4n) is 1.95. The molecule has 1 aromatic carbocycles. The number of hydrogen-bond acceptors (Lipinski definition) is 4. The zero-order valence-corrected chi connectivity index (χ0v) is 12.2. The van der Waals surface area contributed by atoms with Crippen molar-refractivity contribution >= 4 is 28.9 Å². The van der Waals surface area contributed by atoms with Gasteiger partial charge in [-0.15, -0.1) is 0 Å². The number of benzene rings is 1. The van der Waals surface area contributed by atoms with Crippen LogP contribution in [0.25, 0.3) is 0 Å². The van der Waals surface area contributed by atoms with Gasteiger partial charge in [0.25, 0.3) is 0 Å². The third-order valence-corrected chi connectivity index (χ3v) is 3.05. The average molecular weight is 294 g/mol. The molecule has 1 aromatic rings. The van der Waals surface area contributed by atoms with E-state index >= 15 is 0 Å². The summed E-state index contributed by atoms with van der Waals surface area (Å²) >= 11 is 5.00. The Morgan fingerprint density at radius 3 is 3.10 bits per heavy atom. The third kappa shape index (κ3) is 4.79. The van der Waals surface area contributed by atoms with E-state index in [0.717, 1.165) is 30.9 Å². The molecule has 0 bridgehead atoms. The van der Waals surface area contributed by atoms with Crippen molar-refractivity contribution in [3.05, 3.63) is 24.3 Å². The molecule has 1 fully saturated rings. The van der Waals surface area contributed by atoms with Crippen molar-refractivity contribution in [2.45, 2.75) is 25.9 Å². The topological polar surface area (TPSA) is 59.6 Å². The van der Waals surface area contributed by atoms with E-state index in [1.165, 1.54) is 6.92 Å². The molecule has 1 atom stereocenters. The van der Waals surface area contributed by atoms with Gasteiger partial charge in [0.05, 0.1) is 6.10 Å². The molecule has 0 spiro atoms. The summed E-state index contributed by atoms with van der Waals surface area (Å²) < 4.78 is 11.2. The number of hydrogen-bond donors (Lipinski definition) is 2. The fourth-order valence-corrected chi connectivity index (χ4v) is 2.21. The highest BCUT2D eigenvalue weighted by atomic mass is 32.1. The average Bonchev–Trinajstić information content (AvgIpc) is 2.88. The van der Waals surface area contributed by atoms with Crippen LogP contribution in [0.1, 0.15) is 19.8 Å². The summed E-state index contributed by atoms with van der Waals surface area (Å²) in [6.45, 7) is 2.79. The second-order valence-corrected chi connectivity index (χ2v) is 5.02. The SMILES string of the molecule is CC(=O)NC(=S)Nc1cccc(OCC2CCCO2)c1. The maximum Gasteiger partial charge on any atom is 0.222 e. The molecule has 6 heteroatoms. The molecule has 2 N–H and O–H groups in total. The Kier molecular flexibility index (Phi) is 5.31. The quantitative estimate of drug-likeness (QED) is 0.833. The smallest absolute Gasteiger partial charge is 0.222 e. The van der Waals surface area contributed by atoms with Crippen LogP contribution in [0, 0.1) is 0 Å². The summed E-state index contributed by atoms with van der Waals surface area (Å²) in [6, 6.07) is 7.43. The Labute approximate surface area is 123 Å². The van der Waals surface area contributed by atoms with Crippen LogP contribution in [0.2, 0.25) is 0 Å². The first-order valence-electron chi connectivity index (χ1n) is 6.56. The highest BCUT2D eigenvalue weighted by molar-refractivity contribution is 7.80. The van der Waals surface area contributed by atoms with Gasteiger partial charge in [-0.1, -0.05) is 6.07 Å². The zero-order valence-electron chi connectivity index (χ0n) is 11.3. The highest BCUT2D eigenvalue weighted by Crippen LogP contribution is 2.19. The van der Waals surface area contributed by atoms with Gasteiger partial charge in [-0.25, -0.2) is 0 Å². The first-order chi connectivity index (χ1) is 9.63. The second kappa shape index (κ2) is 7.21. The van der Waals surface area contributed by atoms with Gasteiger partial charge in [0, 0.05) is 25.3 Å². The van der Waals surface area contributed by atoms with Crippen LogP contribution in [0.5, 0.6) is 5.75 Å². The summed E-state index contributed by atoms with van der Waals surface area (Å²) in [5.74, 6) is 0.546. The maximum atomic E-state index is 10.9. The second-order valence-electron chi connectivity index (χ2n) is 4.61. The van der Waals surface area contributed by atoms with Crippen LogP contribution < -0.4 is 15.4 Å². The van der Waals surface area contributed by atoms with Gasteiger partial charge < -0.3 is 20.1 Å². The minimum atomic E-state index is -0.201. The molecule has 5 nitrogen and oxygen atoms in total. The van der Waals surface area contributed by atoms with Gasteiger partial charge in [-0.3, -0.25) is 4.79 Å². The number of anilines is 1. The summed E-state index contributed by atoms with van der Waals surface area (Å²) in [4.78, 5) is 10.9. The molecule has 0 radical (unpaired) electrons. The van der Waals surface area contributed by atoms with Crippen LogP contribution in [0.15, 0.2) is 24.3 Å². The number of rotatable bonds is 4. The van der Waals surface area contributed by atoms with Gasteiger partial charge in [-0.2, -0.15) is 0 Å². The lowest BCUT2D eigenvalue weighted by molar-refractivity contribution is -0.117. The third-order valence-electron chi connectivity index (χ3n) is 2.84. The molecule has 1 heterocycles. The molecular weight excluding hydrogens is 276 g/mol. The molecule has 108 valence electrons. The number of ether oxygens (including phenoxy) is 2. The van der Waals surface area contributed by atoms with Crippen molar-refractivity contribution < 1.29 is 14.3 Å². The van der Waals surface area contributed by atoms with E-state index < -0.39 is 0 Å². The number of carbonyl (C=O) groups is 1. The number of thiocarbonyl (C=S) groups is 1. The summed E-state index contributed by atoms with van der Waals surface area (Å²) in [7, 11) is 0. The van der Waals surface area contributed by atoms with Gasteiger partial charge in [0.1, 0.15) is 12.4 Å². The number of nitrogens with one attached hydrogen (secondary N) is 2. The van der Waals surface area contributed by atoms with E-state index in [0.29, 0.717) is 6.61 Å². The van der Waals surface area contributed by atoms with Crippen molar-refractivity contribution in [2.24, 2.45) is 0 Å². The molecule has 1 aliphatic rings. The Hall–Kier alpha value is -1.66. The van der Waals surface area contributed by atoms with Crippen LogP contribution in [-0.2, 0) is 9.53 Å². The van der Waals surface area contributed by atoms with Gasteiger partial charge >= 0.3 is 0 Å². The molecule has 1 saturated heterocycles. The summed E-state index contributed by atoms with van der Waals surface area (Å²) in [5.41, 5.74) is 0.772. The van der Waals surface area contributed by atoms with E-state index in [9.17, 15) is 4.79 Å². The zero-order chi connectivity index (χ0) is 14.4. The lowest BCUT2D eigenvalue weighted by Crippen LogP contribution is -2.32. The van der Waals surface area contributed by atoms with Crippen molar-refractivity contribution in [2.75, 3.05) is 18.5 Å². The van der Waals surface area contributed by atoms with E-state index in [1.54, 1.807) is 0 Å². The number of carbonyl (C=O) groups excluding carboxylic acids is 1. The van der Waals surface area contributed by atoms with E-state index in [1.807, 2.05) is 24.3 Å². The lowest BCUT2D eigenvalue weighted by Gasteiger charge is -2.13. The van der Waals surface area contributed by atoms with E-state index in [-0.39, 0.29) is 17.1 Å². The monoisotopic (exact) mass is 294 g/mol. The van der Waals surface area contributed by atoms with Crippen LogP contribution >= 0.6 is 12.2 Å². The molecule has 0 aromatic heterocycles. The predicted octanol–water partition coefficient (Wildman–Crippen LogP) is 2.08. The maximum absolute atomic E-state index is 10.9. The van der Waals surface area contributed by atoms with Crippen molar-refractivity contribution in [1.82, 2.24) is 5.32 Å². The Morgan fingerprint density at radius 2 is 2.40 bits per heavy atom. The molecule has 20 heavy (non-hydrogen) atoms. The van der Waals surface area contributed by atoms with Crippen molar-refractivity contribution in [3.8, 4) is 5.75 Å². The molecule has 2 rings (SSSR count). The molecule has 1 aliphatic heterocycles. The number of amides is 1. The standard InChI is InChI=1S/C14H18N2O3S/c1-10(17)15-14(20)16-11-4-2-5-12(8-11)19-9-13-6-3-7-18-13/h2,4-5,8,13H,3,6-7,9H2,1H3,(H2,15,16,17,20). The van der Waals surface area contributed by atoms with E-state index in [2.05, 4.69) is 10.6 Å². The molecule has 0 saturated carbocycles. The van der Waals surface area contributed by atoms with Crippen LogP contribution in [-0.4, -0.2) is 30.3 Å². The van der Waals surface area contributed by atoms with Crippen molar-refractivity contribution in [3.63, 3.8) is 0 Å². The minimum Gasteiger partial charge on any atom is -0.491 e. The molecule has 1 unspecified atom stereocenters. The Balaban J connectivity index is 1.86. The summed E-state index contributed by atoms with van der Waals surface area (Å²) in [6.07, 6.45) is 2.33. The first kappa shape index (κ1) is 14.7. The van der Waals surface area contributed by atoms with Gasteiger partial charge in [-0.05, 0) is 37.2 Å². The largest absolute Gasteiger partial charge is 0.491 e. The molecule has 0 aliphatic carbocycles. The van der Waals surface area contributed by atoms with Crippen molar-refractivity contribution in [1.29, 1.82) is 0 Å². The van der Waals surface area contributed by atoms with Crippen LogP contribution in [0.4, 0.5) is 5.69 Å². The first-order valence-corrected chi connectivity index (χ1v) is 6.97. The van der Waals surface area contributed by atoms with Crippen LogP contribution in [0.3, 0.4) is 0 Å². The van der Waals surface area contributed by atoms with Gasteiger partial charge in [0.15, 0.2) is 5.11 Å². The fraction of sp³-hybridized carbons (Fsp3) is 0.429. The Morgan fingerprint density at radius 1 is 1.55 bits per heavy atom.